The Labute approximate surface area is 133 Å². The summed E-state index contributed by atoms with van der Waals surface area (Å²) in [6, 6.07) is 13.6. The number of nitrogens with zero attached hydrogens (tertiary/aromatic N) is 5. The van der Waals surface area contributed by atoms with E-state index in [0.29, 0.717) is 13.0 Å². The van der Waals surface area contributed by atoms with E-state index in [0.717, 1.165) is 28.8 Å². The van der Waals surface area contributed by atoms with Gasteiger partial charge in [0.2, 0.25) is 5.91 Å². The highest BCUT2D eigenvalue weighted by Gasteiger charge is 2.32. The zero-order valence-corrected chi connectivity index (χ0v) is 12.9. The second-order valence-corrected chi connectivity index (χ2v) is 5.79. The van der Waals surface area contributed by atoms with Crippen molar-refractivity contribution in [2.45, 2.75) is 25.9 Å². The van der Waals surface area contributed by atoms with E-state index in [9.17, 15) is 4.79 Å². The summed E-state index contributed by atoms with van der Waals surface area (Å²) in [6.07, 6.45) is 1.10. The Morgan fingerprint density at radius 1 is 1.13 bits per heavy atom. The van der Waals surface area contributed by atoms with Gasteiger partial charge in [0.25, 0.3) is 0 Å². The first-order valence-corrected chi connectivity index (χ1v) is 7.77. The lowest BCUT2D eigenvalue weighted by Crippen LogP contribution is -2.35. The molecular weight excluding hydrogens is 290 g/mol. The number of hydrogen-bond donors (Lipinski definition) is 0. The van der Waals surface area contributed by atoms with E-state index in [-0.39, 0.29) is 12.1 Å². The van der Waals surface area contributed by atoms with Gasteiger partial charge in [-0.15, -0.1) is 5.10 Å². The van der Waals surface area contributed by atoms with Crippen molar-refractivity contribution in [3.8, 4) is 0 Å². The van der Waals surface area contributed by atoms with Gasteiger partial charge < -0.3 is 4.90 Å². The van der Waals surface area contributed by atoms with Crippen LogP contribution in [0.2, 0.25) is 0 Å². The molecule has 1 amide bonds. The topological polar surface area (TPSA) is 63.9 Å². The van der Waals surface area contributed by atoms with Crippen LogP contribution in [0, 0.1) is 6.92 Å². The second-order valence-electron chi connectivity index (χ2n) is 5.79. The number of carbonyl (C=O) groups excluding carboxylic acids is 1. The van der Waals surface area contributed by atoms with E-state index in [4.69, 9.17) is 0 Å². The third-order valence-corrected chi connectivity index (χ3v) is 4.19. The Hall–Kier alpha value is -2.76. The van der Waals surface area contributed by atoms with E-state index in [2.05, 4.69) is 15.3 Å². The van der Waals surface area contributed by atoms with Crippen LogP contribution in [0.15, 0.2) is 42.5 Å². The molecule has 1 unspecified atom stereocenters. The smallest absolute Gasteiger partial charge is 0.224 e. The fourth-order valence-corrected chi connectivity index (χ4v) is 3.12. The third kappa shape index (κ3) is 2.36. The highest BCUT2D eigenvalue weighted by molar-refractivity contribution is 5.79. The molecule has 0 aliphatic carbocycles. The molecule has 1 atom stereocenters. The zero-order valence-electron chi connectivity index (χ0n) is 12.9. The molecule has 6 heteroatoms. The van der Waals surface area contributed by atoms with Crippen LogP contribution < -0.4 is 0 Å². The van der Waals surface area contributed by atoms with Crippen molar-refractivity contribution in [3.63, 3.8) is 0 Å². The first-order chi connectivity index (χ1) is 11.2. The van der Waals surface area contributed by atoms with Crippen molar-refractivity contribution >= 4 is 16.9 Å². The Kier molecular flexibility index (Phi) is 3.29. The number of hydrogen-bond acceptors (Lipinski definition) is 4. The molecule has 116 valence electrons. The molecule has 1 aliphatic rings. The van der Waals surface area contributed by atoms with Crippen molar-refractivity contribution in [3.05, 3.63) is 53.9 Å². The van der Waals surface area contributed by atoms with Crippen molar-refractivity contribution in [1.82, 2.24) is 24.9 Å². The molecule has 3 aromatic rings. The van der Waals surface area contributed by atoms with Crippen LogP contribution in [0.1, 0.15) is 30.4 Å². The highest BCUT2D eigenvalue weighted by atomic mass is 16.2. The van der Waals surface area contributed by atoms with Crippen LogP contribution in [-0.2, 0) is 4.79 Å². The molecule has 6 nitrogen and oxygen atoms in total. The fourth-order valence-electron chi connectivity index (χ4n) is 3.12. The summed E-state index contributed by atoms with van der Waals surface area (Å²) in [4.78, 5) is 18.8. The molecule has 3 heterocycles. The van der Waals surface area contributed by atoms with Crippen LogP contribution in [-0.4, -0.2) is 37.3 Å². The summed E-state index contributed by atoms with van der Waals surface area (Å²) in [7, 11) is 0. The molecule has 1 aromatic carbocycles. The first-order valence-electron chi connectivity index (χ1n) is 7.77. The number of para-hydroxylation sites is 1. The molecule has 23 heavy (non-hydrogen) atoms. The Morgan fingerprint density at radius 3 is 2.78 bits per heavy atom. The second kappa shape index (κ2) is 5.46. The maximum absolute atomic E-state index is 12.3. The molecule has 0 radical (unpaired) electrons. The number of rotatable bonds is 3. The van der Waals surface area contributed by atoms with Gasteiger partial charge in [0.1, 0.15) is 5.52 Å². The predicted octanol–water partition coefficient (Wildman–Crippen LogP) is 2.30. The van der Waals surface area contributed by atoms with Gasteiger partial charge in [-0.25, -0.2) is 4.68 Å². The fraction of sp³-hybridized carbons (Fsp3) is 0.294. The van der Waals surface area contributed by atoms with E-state index in [1.165, 1.54) is 0 Å². The minimum atomic E-state index is -0.350. The number of carbonyl (C=O) groups is 1. The third-order valence-electron chi connectivity index (χ3n) is 4.19. The lowest BCUT2D eigenvalue weighted by atomic mass is 10.2. The van der Waals surface area contributed by atoms with Gasteiger partial charge in [-0.3, -0.25) is 9.78 Å². The summed E-state index contributed by atoms with van der Waals surface area (Å²) in [6.45, 7) is 2.67. The maximum atomic E-state index is 12.3. The van der Waals surface area contributed by atoms with Crippen molar-refractivity contribution in [2.75, 3.05) is 6.54 Å². The number of fused-ring (bicyclic) bond motifs is 1. The maximum Gasteiger partial charge on any atom is 0.224 e. The van der Waals surface area contributed by atoms with Crippen molar-refractivity contribution in [2.24, 2.45) is 0 Å². The summed E-state index contributed by atoms with van der Waals surface area (Å²) in [5, 5.41) is 8.54. The number of amides is 1. The number of aromatic nitrogens is 4. The lowest BCUT2D eigenvalue weighted by molar-refractivity contribution is -0.130. The molecule has 0 spiro atoms. The standard InChI is InChI=1S/C17H17N5O/c1-12-6-4-8-14(18-12)17(21-11-5-10-16(21)23)22-15-9-3-2-7-13(15)19-20-22/h2-4,6-9,17H,5,10-11H2,1H3. The monoisotopic (exact) mass is 307 g/mol. The first kappa shape index (κ1) is 13.9. The van der Waals surface area contributed by atoms with Gasteiger partial charge >= 0.3 is 0 Å². The predicted molar refractivity (Wildman–Crippen MR) is 85.6 cm³/mol. The molecule has 1 aliphatic heterocycles. The number of aryl methyl sites for hydroxylation is 1. The number of benzene rings is 1. The van der Waals surface area contributed by atoms with Crippen LogP contribution in [0.3, 0.4) is 0 Å². The molecular formula is C17H17N5O. The molecule has 0 saturated carbocycles. The van der Waals surface area contributed by atoms with E-state index < -0.39 is 0 Å². The number of pyridine rings is 1. The summed E-state index contributed by atoms with van der Waals surface area (Å²) in [5.74, 6) is 0.137. The van der Waals surface area contributed by atoms with E-state index >= 15 is 0 Å². The van der Waals surface area contributed by atoms with Crippen LogP contribution in [0.25, 0.3) is 11.0 Å². The minimum Gasteiger partial charge on any atom is -0.315 e. The average Bonchev–Trinajstić information content (AvgIpc) is 3.16. The SMILES string of the molecule is Cc1cccc(C(N2CCCC2=O)n2nnc3ccccc32)n1. The highest BCUT2D eigenvalue weighted by Crippen LogP contribution is 2.28. The molecule has 2 aromatic heterocycles. The van der Waals surface area contributed by atoms with Crippen LogP contribution in [0.4, 0.5) is 0 Å². The van der Waals surface area contributed by atoms with E-state index in [1.807, 2.05) is 54.3 Å². The van der Waals surface area contributed by atoms with Gasteiger partial charge in [-0.05, 0) is 37.6 Å². The Balaban J connectivity index is 1.90. The molecule has 1 saturated heterocycles. The summed E-state index contributed by atoms with van der Waals surface area (Å²) < 4.78 is 1.81. The molecule has 0 bridgehead atoms. The number of likely N-dealkylation sites (tertiary alicyclic amines) is 1. The van der Waals surface area contributed by atoms with Gasteiger partial charge in [-0.2, -0.15) is 0 Å². The van der Waals surface area contributed by atoms with Gasteiger partial charge in [-0.1, -0.05) is 23.4 Å². The lowest BCUT2D eigenvalue weighted by Gasteiger charge is -2.27. The van der Waals surface area contributed by atoms with E-state index in [1.54, 1.807) is 4.68 Å². The van der Waals surface area contributed by atoms with Gasteiger partial charge in [0, 0.05) is 18.7 Å². The quantitative estimate of drug-likeness (QED) is 0.745. The zero-order chi connectivity index (χ0) is 15.8. The van der Waals surface area contributed by atoms with Gasteiger partial charge in [0.05, 0.1) is 11.2 Å². The van der Waals surface area contributed by atoms with Crippen LogP contribution in [0.5, 0.6) is 0 Å². The molecule has 4 rings (SSSR count). The summed E-state index contributed by atoms with van der Waals surface area (Å²) >= 11 is 0. The molecule has 0 N–H and O–H groups in total. The van der Waals surface area contributed by atoms with Crippen molar-refractivity contribution in [1.29, 1.82) is 0 Å². The largest absolute Gasteiger partial charge is 0.315 e. The van der Waals surface area contributed by atoms with Crippen molar-refractivity contribution < 1.29 is 4.79 Å². The minimum absolute atomic E-state index is 0.137. The average molecular weight is 307 g/mol. The normalized spacial score (nSPS) is 16.2. The Bertz CT molecular complexity index is 872. The summed E-state index contributed by atoms with van der Waals surface area (Å²) in [5.41, 5.74) is 3.46. The Morgan fingerprint density at radius 2 is 2.00 bits per heavy atom. The van der Waals surface area contributed by atoms with Crippen LogP contribution >= 0.6 is 0 Å². The molecule has 1 fully saturated rings. The van der Waals surface area contributed by atoms with Gasteiger partial charge in [0.15, 0.2) is 6.17 Å².